The van der Waals surface area contributed by atoms with Crippen LogP contribution in [0.25, 0.3) is 0 Å². The Labute approximate surface area is 117 Å². The zero-order valence-electron chi connectivity index (χ0n) is 12.5. The highest BCUT2D eigenvalue weighted by atomic mass is 32.3. The van der Waals surface area contributed by atoms with E-state index in [1.54, 1.807) is 4.31 Å². The Balaban J connectivity index is 2.86. The molecule has 0 aromatic carbocycles. The van der Waals surface area contributed by atoms with Crippen LogP contribution in [0.4, 0.5) is 0 Å². The minimum absolute atomic E-state index is 0.285. The van der Waals surface area contributed by atoms with Gasteiger partial charge in [0, 0.05) is 6.54 Å². The lowest BCUT2D eigenvalue weighted by atomic mass is 10.0. The molecule has 6 heteroatoms. The Morgan fingerprint density at radius 2 is 1.95 bits per heavy atom. The Morgan fingerprint density at radius 3 is 2.32 bits per heavy atom. The number of carbonyl (C=O) groups is 1. The van der Waals surface area contributed by atoms with Crippen LogP contribution in [0.3, 0.4) is 0 Å². The van der Waals surface area contributed by atoms with Crippen LogP contribution in [-0.2, 0) is 9.53 Å². The second kappa shape index (κ2) is 5.99. The summed E-state index contributed by atoms with van der Waals surface area (Å²) in [6.07, 6.45) is 1.28. The molecule has 19 heavy (non-hydrogen) atoms. The van der Waals surface area contributed by atoms with Gasteiger partial charge in [-0.3, -0.25) is 13.9 Å². The van der Waals surface area contributed by atoms with Crippen LogP contribution in [0.2, 0.25) is 0 Å². The van der Waals surface area contributed by atoms with E-state index >= 15 is 0 Å². The molecule has 1 rings (SSSR count). The first-order valence-electron chi connectivity index (χ1n) is 6.78. The monoisotopic (exact) mass is 293 g/mol. The topological polar surface area (TPSA) is 70.0 Å². The van der Waals surface area contributed by atoms with E-state index in [-0.39, 0.29) is 11.9 Å². The van der Waals surface area contributed by atoms with E-state index < -0.39 is 22.4 Å². The predicted molar refractivity (Wildman–Crippen MR) is 78.1 cm³/mol. The summed E-state index contributed by atoms with van der Waals surface area (Å²) in [7, 11) is -2.80. The number of carbonyl (C=O) groups excluding carboxylic acids is 1. The highest BCUT2D eigenvalue weighted by molar-refractivity contribution is 8.22. The number of nitrogens with zero attached hydrogens (tertiary/aromatic N) is 1. The lowest BCUT2D eigenvalue weighted by molar-refractivity contribution is -0.160. The maximum atomic E-state index is 12.3. The molecule has 1 fully saturated rings. The van der Waals surface area contributed by atoms with E-state index in [0.717, 1.165) is 0 Å². The van der Waals surface area contributed by atoms with Crippen LogP contribution in [0.1, 0.15) is 47.5 Å². The van der Waals surface area contributed by atoms with Gasteiger partial charge in [-0.1, -0.05) is 13.8 Å². The van der Waals surface area contributed by atoms with Gasteiger partial charge in [0.2, 0.25) is 0 Å². The first-order valence-corrected chi connectivity index (χ1v) is 8.46. The van der Waals surface area contributed by atoms with Crippen molar-refractivity contribution in [3.63, 3.8) is 0 Å². The van der Waals surface area contributed by atoms with Gasteiger partial charge in [-0.2, -0.15) is 4.31 Å². The average Bonchev–Trinajstić information content (AvgIpc) is 2.51. The minimum Gasteiger partial charge on any atom is -0.459 e. The van der Waals surface area contributed by atoms with Crippen LogP contribution in [0, 0.1) is 5.92 Å². The van der Waals surface area contributed by atoms with Gasteiger partial charge in [0.25, 0.3) is 0 Å². The fraction of sp³-hybridized carbons (Fsp3) is 0.923. The van der Waals surface area contributed by atoms with Crippen LogP contribution in [0.15, 0.2) is 0 Å². The van der Waals surface area contributed by atoms with Crippen molar-refractivity contribution in [3.05, 3.63) is 0 Å². The largest absolute Gasteiger partial charge is 0.459 e. The lowest BCUT2D eigenvalue weighted by Gasteiger charge is -2.41. The Morgan fingerprint density at radius 1 is 1.37 bits per heavy atom. The zero-order chi connectivity index (χ0) is 14.8. The van der Waals surface area contributed by atoms with Gasteiger partial charge in [0.15, 0.2) is 0 Å². The Hall–Kier alpha value is -0.300. The van der Waals surface area contributed by atoms with Gasteiger partial charge in [-0.15, -0.1) is 10.8 Å². The van der Waals surface area contributed by atoms with Crippen LogP contribution < -0.4 is 0 Å². The summed E-state index contributed by atoms with van der Waals surface area (Å²) < 4.78 is 27.0. The number of rotatable bonds is 4. The molecule has 1 heterocycles. The second-order valence-corrected chi connectivity index (χ2v) is 8.65. The van der Waals surface area contributed by atoms with E-state index in [2.05, 4.69) is 0 Å². The molecule has 114 valence electrons. The standard InChI is InChI=1S/C13H27NO4S/c1-10(2)9-11(12(15)18-13(3,4)5)14-7-6-8-19(14,16)17/h10-11,16-17H,6-9H2,1-5H3/t11-/m0/s1. The molecule has 0 amide bonds. The lowest BCUT2D eigenvalue weighted by Crippen LogP contribution is -2.44. The Kier molecular flexibility index (Phi) is 5.28. The van der Waals surface area contributed by atoms with Crippen molar-refractivity contribution < 1.29 is 18.6 Å². The molecule has 0 unspecified atom stereocenters. The minimum atomic E-state index is -2.80. The molecule has 1 aliphatic heterocycles. The van der Waals surface area contributed by atoms with Crippen molar-refractivity contribution >= 4 is 16.7 Å². The molecular formula is C13H27NO4S. The fourth-order valence-electron chi connectivity index (χ4n) is 2.18. The number of ether oxygens (including phenoxy) is 1. The molecule has 1 atom stereocenters. The summed E-state index contributed by atoms with van der Waals surface area (Å²) in [5.74, 6) is 0.279. The van der Waals surface area contributed by atoms with Gasteiger partial charge in [0.05, 0.1) is 5.75 Å². The summed E-state index contributed by atoms with van der Waals surface area (Å²) in [5.41, 5.74) is -0.561. The van der Waals surface area contributed by atoms with E-state index in [1.165, 1.54) is 0 Å². The van der Waals surface area contributed by atoms with Gasteiger partial charge in [0.1, 0.15) is 11.6 Å². The SMILES string of the molecule is CC(C)C[C@@H](C(=O)OC(C)(C)C)N1CCCS1(O)O. The normalized spacial score (nSPS) is 23.4. The summed E-state index contributed by atoms with van der Waals surface area (Å²) in [6.45, 7) is 10.0. The quantitative estimate of drug-likeness (QED) is 0.779. The van der Waals surface area contributed by atoms with Crippen molar-refractivity contribution in [1.29, 1.82) is 0 Å². The molecule has 5 nitrogen and oxygen atoms in total. The van der Waals surface area contributed by atoms with Crippen LogP contribution in [-0.4, -0.2) is 43.3 Å². The predicted octanol–water partition coefficient (Wildman–Crippen LogP) is 3.11. The second-order valence-electron chi connectivity index (χ2n) is 6.51. The van der Waals surface area contributed by atoms with E-state index in [1.807, 2.05) is 34.6 Å². The van der Waals surface area contributed by atoms with Gasteiger partial charge in [-0.05, 0) is 39.5 Å². The summed E-state index contributed by atoms with van der Waals surface area (Å²) in [4.78, 5) is 12.3. The third-order valence-corrected chi connectivity index (χ3v) is 4.92. The number of hydrogen-bond acceptors (Lipinski definition) is 5. The van der Waals surface area contributed by atoms with Gasteiger partial charge < -0.3 is 4.74 Å². The maximum absolute atomic E-state index is 12.3. The highest BCUT2D eigenvalue weighted by Crippen LogP contribution is 2.50. The molecule has 0 radical (unpaired) electrons. The highest BCUT2D eigenvalue weighted by Gasteiger charge is 2.40. The molecule has 0 bridgehead atoms. The van der Waals surface area contributed by atoms with Crippen LogP contribution in [0.5, 0.6) is 0 Å². The first kappa shape index (κ1) is 16.8. The van der Waals surface area contributed by atoms with Crippen molar-refractivity contribution in [2.75, 3.05) is 12.3 Å². The molecule has 0 aromatic heterocycles. The van der Waals surface area contributed by atoms with E-state index in [4.69, 9.17) is 4.74 Å². The first-order chi connectivity index (χ1) is 8.53. The molecule has 0 aliphatic carbocycles. The molecule has 0 spiro atoms. The smallest absolute Gasteiger partial charge is 0.325 e. The van der Waals surface area contributed by atoms with Crippen molar-refractivity contribution in [3.8, 4) is 0 Å². The Bertz CT molecular complexity index is 325. The van der Waals surface area contributed by atoms with Crippen molar-refractivity contribution in [2.45, 2.75) is 59.1 Å². The van der Waals surface area contributed by atoms with Gasteiger partial charge >= 0.3 is 5.97 Å². The summed E-state index contributed by atoms with van der Waals surface area (Å²) >= 11 is 0. The molecule has 0 saturated carbocycles. The fourth-order valence-corrected chi connectivity index (χ4v) is 3.94. The van der Waals surface area contributed by atoms with Gasteiger partial charge in [-0.25, -0.2) is 0 Å². The van der Waals surface area contributed by atoms with E-state index in [0.29, 0.717) is 25.1 Å². The van der Waals surface area contributed by atoms with Crippen molar-refractivity contribution in [2.24, 2.45) is 5.92 Å². The summed E-state index contributed by atoms with van der Waals surface area (Å²) in [6, 6.07) is -0.563. The summed E-state index contributed by atoms with van der Waals surface area (Å²) in [5, 5.41) is 0. The zero-order valence-corrected chi connectivity index (χ0v) is 13.4. The van der Waals surface area contributed by atoms with Crippen LogP contribution >= 0.6 is 10.8 Å². The molecule has 1 saturated heterocycles. The molecule has 2 N–H and O–H groups in total. The van der Waals surface area contributed by atoms with Crippen molar-refractivity contribution in [1.82, 2.24) is 4.31 Å². The number of hydrogen-bond donors (Lipinski definition) is 2. The maximum Gasteiger partial charge on any atom is 0.325 e. The average molecular weight is 293 g/mol. The molecular weight excluding hydrogens is 266 g/mol. The third-order valence-electron chi connectivity index (χ3n) is 2.89. The number of esters is 1. The molecule has 1 aliphatic rings. The molecule has 0 aromatic rings. The van der Waals surface area contributed by atoms with E-state index in [9.17, 15) is 13.9 Å². The third kappa shape index (κ3) is 4.95.